The molecule has 7 heteroatoms. The van der Waals surface area contributed by atoms with Crippen molar-refractivity contribution in [1.82, 2.24) is 10.6 Å². The van der Waals surface area contributed by atoms with Crippen LogP contribution in [0, 0.1) is 11.6 Å². The highest BCUT2D eigenvalue weighted by Crippen LogP contribution is 2.19. The van der Waals surface area contributed by atoms with E-state index in [1.807, 2.05) is 0 Å². The van der Waals surface area contributed by atoms with Gasteiger partial charge in [-0.1, -0.05) is 15.9 Å². The van der Waals surface area contributed by atoms with Crippen molar-refractivity contribution in [1.29, 1.82) is 0 Å². The van der Waals surface area contributed by atoms with Crippen molar-refractivity contribution in [3.63, 3.8) is 0 Å². The van der Waals surface area contributed by atoms with Gasteiger partial charge in [0.05, 0.1) is 0 Å². The average Bonchev–Trinajstić information content (AvgIpc) is 2.24. The highest BCUT2D eigenvalue weighted by molar-refractivity contribution is 9.10. The molecular weight excluding hydrogens is 346 g/mol. The van der Waals surface area contributed by atoms with Gasteiger partial charge in [0.2, 0.25) is 5.91 Å². The molecule has 0 aromatic heterocycles. The smallest absolute Gasteiger partial charge is 0.257 e. The monoisotopic (exact) mass is 362 g/mol. The summed E-state index contributed by atoms with van der Waals surface area (Å²) in [6.45, 7) is 6.79. The van der Waals surface area contributed by atoms with Crippen molar-refractivity contribution >= 4 is 27.7 Å². The lowest BCUT2D eigenvalue weighted by molar-refractivity contribution is -0.124. The first kappa shape index (κ1) is 17.6. The molecule has 0 aliphatic rings. The van der Waals surface area contributed by atoms with Crippen molar-refractivity contribution in [2.45, 2.75) is 39.3 Å². The maximum atomic E-state index is 13.7. The van der Waals surface area contributed by atoms with Crippen LogP contribution in [0.2, 0.25) is 0 Å². The predicted molar refractivity (Wildman–Crippen MR) is 78.9 cm³/mol. The first-order valence-corrected chi connectivity index (χ1v) is 7.08. The van der Waals surface area contributed by atoms with E-state index in [0.29, 0.717) is 0 Å². The van der Waals surface area contributed by atoms with Crippen LogP contribution in [0.1, 0.15) is 38.1 Å². The number of rotatable bonds is 3. The van der Waals surface area contributed by atoms with Crippen molar-refractivity contribution < 1.29 is 18.4 Å². The lowest BCUT2D eigenvalue weighted by atomic mass is 10.1. The highest BCUT2D eigenvalue weighted by Gasteiger charge is 2.24. The lowest BCUT2D eigenvalue weighted by Crippen LogP contribution is -2.51. The summed E-state index contributed by atoms with van der Waals surface area (Å²) in [7, 11) is 0. The Morgan fingerprint density at radius 3 is 2.10 bits per heavy atom. The topological polar surface area (TPSA) is 58.2 Å². The first-order chi connectivity index (χ1) is 9.51. The standard InChI is InChI=1S/C14H17BrF2N2O2/c1-7(12(20)19-14(2,3)4)18-13(21)11-9(16)5-8(15)6-10(11)17/h5-7H,1-4H3,(H,18,21)(H,19,20). The quantitative estimate of drug-likeness (QED) is 0.868. The predicted octanol–water partition coefficient (Wildman–Crippen LogP) is 2.76. The SMILES string of the molecule is CC(NC(=O)c1c(F)cc(Br)cc1F)C(=O)NC(C)(C)C. The van der Waals surface area contributed by atoms with E-state index >= 15 is 0 Å². The van der Waals surface area contributed by atoms with Crippen molar-refractivity contribution in [3.8, 4) is 0 Å². The van der Waals surface area contributed by atoms with Gasteiger partial charge in [-0.25, -0.2) is 8.78 Å². The Morgan fingerprint density at radius 2 is 1.67 bits per heavy atom. The Hall–Kier alpha value is -1.50. The summed E-state index contributed by atoms with van der Waals surface area (Å²) >= 11 is 2.93. The van der Waals surface area contributed by atoms with E-state index in [-0.39, 0.29) is 4.47 Å². The lowest BCUT2D eigenvalue weighted by Gasteiger charge is -2.23. The Labute approximate surface area is 130 Å². The fourth-order valence-electron chi connectivity index (χ4n) is 1.57. The van der Waals surface area contributed by atoms with Crippen LogP contribution in [-0.4, -0.2) is 23.4 Å². The van der Waals surface area contributed by atoms with Gasteiger partial charge < -0.3 is 10.6 Å². The number of nitrogens with one attached hydrogen (secondary N) is 2. The molecule has 0 fully saturated rings. The zero-order chi connectivity index (χ0) is 16.4. The van der Waals surface area contributed by atoms with Crippen LogP contribution in [-0.2, 0) is 4.79 Å². The third kappa shape index (κ3) is 5.08. The fourth-order valence-corrected chi connectivity index (χ4v) is 1.97. The second-order valence-corrected chi connectivity index (χ2v) is 6.59. The summed E-state index contributed by atoms with van der Waals surface area (Å²) in [5.74, 6) is -3.41. The minimum atomic E-state index is -0.997. The fraction of sp³-hybridized carbons (Fsp3) is 0.429. The van der Waals surface area contributed by atoms with E-state index < -0.39 is 40.6 Å². The normalized spacial score (nSPS) is 12.7. The molecule has 0 bridgehead atoms. The zero-order valence-electron chi connectivity index (χ0n) is 12.2. The van der Waals surface area contributed by atoms with Gasteiger partial charge in [0.25, 0.3) is 5.91 Å². The summed E-state index contributed by atoms with van der Waals surface area (Å²) in [4.78, 5) is 23.7. The van der Waals surface area contributed by atoms with Crippen molar-refractivity contribution in [2.75, 3.05) is 0 Å². The van der Waals surface area contributed by atoms with E-state index in [9.17, 15) is 18.4 Å². The second kappa shape index (κ2) is 6.51. The molecule has 1 unspecified atom stereocenters. The molecular formula is C14H17BrF2N2O2. The number of carbonyl (C=O) groups excluding carboxylic acids is 2. The number of amides is 2. The Bertz CT molecular complexity index is 548. The molecule has 0 saturated heterocycles. The van der Waals surface area contributed by atoms with Gasteiger partial charge >= 0.3 is 0 Å². The molecule has 1 aromatic rings. The maximum absolute atomic E-state index is 13.7. The average molecular weight is 363 g/mol. The van der Waals surface area contributed by atoms with Crippen LogP contribution >= 0.6 is 15.9 Å². The number of halogens is 3. The highest BCUT2D eigenvalue weighted by atomic mass is 79.9. The summed E-state index contributed by atoms with van der Waals surface area (Å²) < 4.78 is 27.5. The van der Waals surface area contributed by atoms with Crippen LogP contribution < -0.4 is 10.6 Å². The summed E-state index contributed by atoms with van der Waals surface area (Å²) in [6, 6.07) is 1.05. The molecule has 0 aliphatic carbocycles. The number of carbonyl (C=O) groups is 2. The maximum Gasteiger partial charge on any atom is 0.257 e. The summed E-state index contributed by atoms with van der Waals surface area (Å²) in [5, 5.41) is 4.94. The van der Waals surface area contributed by atoms with E-state index in [1.165, 1.54) is 6.92 Å². The molecule has 0 radical (unpaired) electrons. The van der Waals surface area contributed by atoms with Gasteiger partial charge in [0.15, 0.2) is 0 Å². The minimum absolute atomic E-state index is 0.188. The van der Waals surface area contributed by atoms with Gasteiger partial charge in [-0.3, -0.25) is 9.59 Å². The van der Waals surface area contributed by atoms with Gasteiger partial charge in [0, 0.05) is 10.0 Å². The second-order valence-electron chi connectivity index (χ2n) is 5.68. The molecule has 0 spiro atoms. The molecule has 2 amide bonds. The van der Waals surface area contributed by atoms with Crippen LogP contribution in [0.3, 0.4) is 0 Å². The van der Waals surface area contributed by atoms with Crippen LogP contribution in [0.5, 0.6) is 0 Å². The minimum Gasteiger partial charge on any atom is -0.350 e. The van der Waals surface area contributed by atoms with Crippen LogP contribution in [0.15, 0.2) is 16.6 Å². The molecule has 1 atom stereocenters. The number of hydrogen-bond acceptors (Lipinski definition) is 2. The zero-order valence-corrected chi connectivity index (χ0v) is 13.8. The van der Waals surface area contributed by atoms with Crippen LogP contribution in [0.4, 0.5) is 8.78 Å². The molecule has 2 N–H and O–H groups in total. The van der Waals surface area contributed by atoms with Gasteiger partial charge in [-0.2, -0.15) is 0 Å². The van der Waals surface area contributed by atoms with E-state index in [4.69, 9.17) is 0 Å². The molecule has 21 heavy (non-hydrogen) atoms. The van der Waals surface area contributed by atoms with Crippen LogP contribution in [0.25, 0.3) is 0 Å². The van der Waals surface area contributed by atoms with E-state index in [0.717, 1.165) is 12.1 Å². The van der Waals surface area contributed by atoms with Gasteiger partial charge in [-0.05, 0) is 39.8 Å². The van der Waals surface area contributed by atoms with Crippen molar-refractivity contribution in [3.05, 3.63) is 33.8 Å². The van der Waals surface area contributed by atoms with E-state index in [2.05, 4.69) is 26.6 Å². The third-order valence-electron chi connectivity index (χ3n) is 2.47. The molecule has 4 nitrogen and oxygen atoms in total. The Kier molecular flexibility index (Phi) is 5.44. The molecule has 116 valence electrons. The number of benzene rings is 1. The first-order valence-electron chi connectivity index (χ1n) is 6.28. The molecule has 0 heterocycles. The van der Waals surface area contributed by atoms with Crippen molar-refractivity contribution in [2.24, 2.45) is 0 Å². The molecule has 0 aliphatic heterocycles. The van der Waals surface area contributed by atoms with Gasteiger partial charge in [-0.15, -0.1) is 0 Å². The largest absolute Gasteiger partial charge is 0.350 e. The number of hydrogen-bond donors (Lipinski definition) is 2. The Morgan fingerprint density at radius 1 is 1.19 bits per heavy atom. The van der Waals surface area contributed by atoms with E-state index in [1.54, 1.807) is 20.8 Å². The van der Waals surface area contributed by atoms with Gasteiger partial charge in [0.1, 0.15) is 23.2 Å². The summed E-state index contributed by atoms with van der Waals surface area (Å²) in [6.07, 6.45) is 0. The molecule has 0 saturated carbocycles. The molecule has 1 aromatic carbocycles. The third-order valence-corrected chi connectivity index (χ3v) is 2.93. The Balaban J connectivity index is 2.85. The summed E-state index contributed by atoms with van der Waals surface area (Å²) in [5.41, 5.74) is -1.18. The molecule has 1 rings (SSSR count).